The van der Waals surface area contributed by atoms with E-state index in [2.05, 4.69) is 0 Å². The lowest BCUT2D eigenvalue weighted by atomic mass is 10.1. The van der Waals surface area contributed by atoms with Gasteiger partial charge in [-0.3, -0.25) is 9.59 Å². The Morgan fingerprint density at radius 1 is 1.26 bits per heavy atom. The summed E-state index contributed by atoms with van der Waals surface area (Å²) >= 11 is 0. The maximum Gasteiger partial charge on any atom is 0.224 e. The van der Waals surface area contributed by atoms with Gasteiger partial charge in [0, 0.05) is 39.0 Å². The van der Waals surface area contributed by atoms with E-state index in [-0.39, 0.29) is 11.8 Å². The predicted octanol–water partition coefficient (Wildman–Crippen LogP) is 0.586. The molecule has 2 rings (SSSR count). The van der Waals surface area contributed by atoms with Crippen LogP contribution in [-0.4, -0.2) is 54.3 Å². The van der Waals surface area contributed by atoms with Gasteiger partial charge in [0.15, 0.2) is 0 Å². The van der Waals surface area contributed by atoms with Gasteiger partial charge in [-0.25, -0.2) is 0 Å². The molecule has 0 aromatic rings. The van der Waals surface area contributed by atoms with Gasteiger partial charge in [0.2, 0.25) is 11.8 Å². The zero-order valence-electron chi connectivity index (χ0n) is 11.6. The Labute approximate surface area is 115 Å². The van der Waals surface area contributed by atoms with Crippen LogP contribution in [0.5, 0.6) is 0 Å². The van der Waals surface area contributed by atoms with Crippen molar-refractivity contribution in [3.8, 4) is 0 Å². The fraction of sp³-hybridized carbons (Fsp3) is 0.857. The van der Waals surface area contributed by atoms with Crippen LogP contribution < -0.4 is 5.73 Å². The minimum atomic E-state index is 0.174. The largest absolute Gasteiger partial charge is 0.342 e. The van der Waals surface area contributed by atoms with Crippen molar-refractivity contribution in [1.29, 1.82) is 0 Å². The van der Waals surface area contributed by atoms with Crippen LogP contribution in [0.3, 0.4) is 0 Å². The molecule has 0 unspecified atom stereocenters. The second-order valence-electron chi connectivity index (χ2n) is 5.67. The quantitative estimate of drug-likeness (QED) is 0.810. The molecule has 2 saturated heterocycles. The van der Waals surface area contributed by atoms with Gasteiger partial charge in [-0.05, 0) is 31.7 Å². The molecule has 0 bridgehead atoms. The molecule has 0 saturated carbocycles. The van der Waals surface area contributed by atoms with Crippen molar-refractivity contribution in [3.05, 3.63) is 0 Å². The zero-order valence-corrected chi connectivity index (χ0v) is 11.6. The highest BCUT2D eigenvalue weighted by atomic mass is 16.2. The van der Waals surface area contributed by atoms with E-state index in [1.54, 1.807) is 0 Å². The Morgan fingerprint density at radius 3 is 2.84 bits per heavy atom. The van der Waals surface area contributed by atoms with E-state index in [1.807, 2.05) is 9.80 Å². The maximum atomic E-state index is 12.1. The summed E-state index contributed by atoms with van der Waals surface area (Å²) in [6.45, 7) is 3.69. The van der Waals surface area contributed by atoms with Crippen molar-refractivity contribution in [3.63, 3.8) is 0 Å². The first-order valence-corrected chi connectivity index (χ1v) is 7.46. The smallest absolute Gasteiger partial charge is 0.224 e. The molecule has 2 aliphatic heterocycles. The van der Waals surface area contributed by atoms with Gasteiger partial charge in [0.25, 0.3) is 0 Å². The topological polar surface area (TPSA) is 66.6 Å². The van der Waals surface area contributed by atoms with Crippen LogP contribution in [0.2, 0.25) is 0 Å². The minimum Gasteiger partial charge on any atom is -0.342 e. The van der Waals surface area contributed by atoms with Crippen LogP contribution in [0, 0.1) is 5.92 Å². The molecule has 0 aromatic carbocycles. The number of carbonyl (C=O) groups is 2. The molecular formula is C14H25N3O2. The van der Waals surface area contributed by atoms with Crippen LogP contribution in [0.1, 0.15) is 38.5 Å². The SMILES string of the molecule is NC[C@@H]1CCN(C(=O)CCN2CCCCCC2=O)C1. The molecular weight excluding hydrogens is 242 g/mol. The first-order chi connectivity index (χ1) is 9.20. The van der Waals surface area contributed by atoms with Crippen LogP contribution in [0.15, 0.2) is 0 Å². The molecule has 2 fully saturated rings. The van der Waals surface area contributed by atoms with E-state index >= 15 is 0 Å². The average Bonchev–Trinajstić information content (AvgIpc) is 2.81. The summed E-state index contributed by atoms with van der Waals surface area (Å²) in [6, 6.07) is 0. The monoisotopic (exact) mass is 267 g/mol. The molecule has 0 spiro atoms. The first kappa shape index (κ1) is 14.3. The van der Waals surface area contributed by atoms with Gasteiger partial charge in [0.1, 0.15) is 0 Å². The number of nitrogens with two attached hydrogens (primary N) is 1. The van der Waals surface area contributed by atoms with Crippen molar-refractivity contribution >= 4 is 11.8 Å². The van der Waals surface area contributed by atoms with Crippen LogP contribution in [0.25, 0.3) is 0 Å². The standard InChI is InChI=1S/C14H25N3O2/c15-10-12-5-8-17(11-12)14(19)6-9-16-7-3-1-2-4-13(16)18/h12H,1-11,15H2/t12-/m0/s1. The molecule has 2 amide bonds. The van der Waals surface area contributed by atoms with Gasteiger partial charge in [-0.1, -0.05) is 6.42 Å². The maximum absolute atomic E-state index is 12.1. The predicted molar refractivity (Wildman–Crippen MR) is 73.4 cm³/mol. The molecule has 0 radical (unpaired) electrons. The Kier molecular flexibility index (Phi) is 5.19. The van der Waals surface area contributed by atoms with E-state index in [0.29, 0.717) is 31.8 Å². The highest BCUT2D eigenvalue weighted by Gasteiger charge is 2.26. The van der Waals surface area contributed by atoms with Crippen LogP contribution in [0.4, 0.5) is 0 Å². The molecule has 19 heavy (non-hydrogen) atoms. The number of hydrogen-bond donors (Lipinski definition) is 1. The van der Waals surface area contributed by atoms with Crippen molar-refractivity contribution in [2.45, 2.75) is 38.5 Å². The summed E-state index contributed by atoms with van der Waals surface area (Å²) in [4.78, 5) is 27.7. The van der Waals surface area contributed by atoms with Crippen molar-refractivity contribution in [1.82, 2.24) is 9.80 Å². The minimum absolute atomic E-state index is 0.174. The lowest BCUT2D eigenvalue weighted by molar-refractivity contribution is -0.133. The average molecular weight is 267 g/mol. The summed E-state index contributed by atoms with van der Waals surface area (Å²) in [6.07, 6.45) is 5.31. The number of likely N-dealkylation sites (tertiary alicyclic amines) is 2. The van der Waals surface area contributed by atoms with Gasteiger partial charge in [-0.15, -0.1) is 0 Å². The number of carbonyl (C=O) groups excluding carboxylic acids is 2. The zero-order chi connectivity index (χ0) is 13.7. The molecule has 5 nitrogen and oxygen atoms in total. The number of hydrogen-bond acceptors (Lipinski definition) is 3. The van der Waals surface area contributed by atoms with Crippen LogP contribution >= 0.6 is 0 Å². The van der Waals surface area contributed by atoms with Gasteiger partial charge >= 0.3 is 0 Å². The number of amides is 2. The Hall–Kier alpha value is -1.10. The molecule has 2 heterocycles. The molecule has 2 N–H and O–H groups in total. The summed E-state index contributed by atoms with van der Waals surface area (Å²) < 4.78 is 0. The van der Waals surface area contributed by atoms with E-state index in [4.69, 9.17) is 5.73 Å². The van der Waals surface area contributed by atoms with Crippen molar-refractivity contribution in [2.24, 2.45) is 11.7 Å². The summed E-state index contributed by atoms with van der Waals surface area (Å²) in [5.41, 5.74) is 5.63. The summed E-state index contributed by atoms with van der Waals surface area (Å²) in [5, 5.41) is 0. The second-order valence-corrected chi connectivity index (χ2v) is 5.67. The van der Waals surface area contributed by atoms with E-state index in [9.17, 15) is 9.59 Å². The van der Waals surface area contributed by atoms with E-state index in [0.717, 1.165) is 45.3 Å². The summed E-state index contributed by atoms with van der Waals surface area (Å²) in [5.74, 6) is 0.850. The Balaban J connectivity index is 1.75. The Bertz CT molecular complexity index is 333. The van der Waals surface area contributed by atoms with Gasteiger partial charge in [-0.2, -0.15) is 0 Å². The fourth-order valence-electron chi connectivity index (χ4n) is 2.92. The third kappa shape index (κ3) is 3.93. The molecule has 108 valence electrons. The third-order valence-corrected chi connectivity index (χ3v) is 4.24. The highest BCUT2D eigenvalue weighted by molar-refractivity contribution is 5.79. The molecule has 0 aromatic heterocycles. The normalized spacial score (nSPS) is 24.7. The molecule has 0 aliphatic carbocycles. The van der Waals surface area contributed by atoms with E-state index < -0.39 is 0 Å². The summed E-state index contributed by atoms with van der Waals surface area (Å²) in [7, 11) is 0. The molecule has 2 aliphatic rings. The highest BCUT2D eigenvalue weighted by Crippen LogP contribution is 2.16. The number of nitrogens with zero attached hydrogens (tertiary/aromatic N) is 2. The second kappa shape index (κ2) is 6.89. The lowest BCUT2D eigenvalue weighted by Crippen LogP contribution is -2.36. The number of rotatable bonds is 4. The van der Waals surface area contributed by atoms with Crippen molar-refractivity contribution < 1.29 is 9.59 Å². The van der Waals surface area contributed by atoms with E-state index in [1.165, 1.54) is 0 Å². The van der Waals surface area contributed by atoms with Gasteiger partial charge < -0.3 is 15.5 Å². The molecule has 5 heteroatoms. The fourth-order valence-corrected chi connectivity index (χ4v) is 2.92. The van der Waals surface area contributed by atoms with Crippen LogP contribution in [-0.2, 0) is 9.59 Å². The van der Waals surface area contributed by atoms with Gasteiger partial charge in [0.05, 0.1) is 0 Å². The first-order valence-electron chi connectivity index (χ1n) is 7.46. The third-order valence-electron chi connectivity index (χ3n) is 4.24. The molecule has 1 atom stereocenters. The Morgan fingerprint density at radius 2 is 2.11 bits per heavy atom. The van der Waals surface area contributed by atoms with Crippen molar-refractivity contribution in [2.75, 3.05) is 32.7 Å². The lowest BCUT2D eigenvalue weighted by Gasteiger charge is -2.22.